The van der Waals surface area contributed by atoms with Gasteiger partial charge in [-0.2, -0.15) is 13.2 Å². The van der Waals surface area contributed by atoms with Crippen molar-refractivity contribution in [2.24, 2.45) is 0 Å². The highest BCUT2D eigenvalue weighted by Gasteiger charge is 2.57. The van der Waals surface area contributed by atoms with Crippen LogP contribution in [0.25, 0.3) is 0 Å². The van der Waals surface area contributed by atoms with Gasteiger partial charge in [-0.15, -0.1) is 12.4 Å². The number of nitrogens with one attached hydrogen (secondary N) is 1. The summed E-state index contributed by atoms with van der Waals surface area (Å²) in [4.78, 5) is 12.3. The molecule has 1 fully saturated rings. The molecule has 0 bridgehead atoms. The van der Waals surface area contributed by atoms with Gasteiger partial charge in [0.15, 0.2) is 5.60 Å². The summed E-state index contributed by atoms with van der Waals surface area (Å²) in [5.74, 6) is -0.433. The van der Waals surface area contributed by atoms with Crippen LogP contribution < -0.4 is 5.32 Å². The fourth-order valence-corrected chi connectivity index (χ4v) is 1.50. The summed E-state index contributed by atoms with van der Waals surface area (Å²) >= 11 is 0. The van der Waals surface area contributed by atoms with E-state index in [-0.39, 0.29) is 25.5 Å². The van der Waals surface area contributed by atoms with Crippen molar-refractivity contribution in [2.75, 3.05) is 26.7 Å². The largest absolute Gasteiger partial charge is 0.419 e. The molecule has 1 rings (SSSR count). The molecule has 0 spiro atoms. The fourth-order valence-electron chi connectivity index (χ4n) is 1.50. The summed E-state index contributed by atoms with van der Waals surface area (Å²) < 4.78 is 37.1. The molecule has 1 unspecified atom stereocenters. The minimum atomic E-state index is -4.68. The Morgan fingerprint density at radius 3 is 2.50 bits per heavy atom. The lowest BCUT2D eigenvalue weighted by Crippen LogP contribution is -2.48. The number of hydrogen-bond acceptors (Lipinski definition) is 3. The number of likely N-dealkylation sites (N-methyl/N-ethyl adjacent to an activating group) is 1. The van der Waals surface area contributed by atoms with E-state index in [1.165, 1.54) is 7.05 Å². The lowest BCUT2D eigenvalue weighted by molar-refractivity contribution is -0.253. The summed E-state index contributed by atoms with van der Waals surface area (Å²) in [6.07, 6.45) is -5.13. The molecule has 0 aromatic rings. The molecule has 0 aliphatic carbocycles. The monoisotopic (exact) mass is 262 g/mol. The number of amides is 1. The van der Waals surface area contributed by atoms with Crippen molar-refractivity contribution in [2.45, 2.75) is 18.2 Å². The van der Waals surface area contributed by atoms with Gasteiger partial charge in [0.2, 0.25) is 5.91 Å². The van der Waals surface area contributed by atoms with Gasteiger partial charge in [0.1, 0.15) is 0 Å². The Hall–Kier alpha value is -0.530. The van der Waals surface area contributed by atoms with Crippen LogP contribution in [0, 0.1) is 0 Å². The Labute approximate surface area is 97.2 Å². The van der Waals surface area contributed by atoms with Crippen molar-refractivity contribution in [3.05, 3.63) is 0 Å². The van der Waals surface area contributed by atoms with Gasteiger partial charge in [0.25, 0.3) is 0 Å². The summed E-state index contributed by atoms with van der Waals surface area (Å²) in [6.45, 7) is -0.749. The molecule has 1 atom stereocenters. The van der Waals surface area contributed by atoms with Crippen LogP contribution in [0.1, 0.15) is 6.42 Å². The van der Waals surface area contributed by atoms with Crippen LogP contribution >= 0.6 is 12.4 Å². The summed E-state index contributed by atoms with van der Waals surface area (Å²) in [6, 6.07) is 0. The van der Waals surface area contributed by atoms with Crippen LogP contribution in [-0.2, 0) is 4.79 Å². The molecule has 2 N–H and O–H groups in total. The lowest BCUT2D eigenvalue weighted by atomic mass is 10.0. The number of aliphatic hydroxyl groups is 1. The quantitative estimate of drug-likeness (QED) is 0.745. The number of halogens is 4. The molecule has 1 heterocycles. The van der Waals surface area contributed by atoms with E-state index in [0.717, 1.165) is 4.90 Å². The van der Waals surface area contributed by atoms with Crippen LogP contribution in [-0.4, -0.2) is 54.4 Å². The highest BCUT2D eigenvalue weighted by Crippen LogP contribution is 2.37. The number of carbonyl (C=O) groups is 1. The summed E-state index contributed by atoms with van der Waals surface area (Å²) in [7, 11) is 1.53. The third kappa shape index (κ3) is 2.99. The molecule has 1 saturated heterocycles. The number of alkyl halides is 3. The first-order valence-electron chi connectivity index (χ1n) is 4.51. The van der Waals surface area contributed by atoms with E-state index < -0.39 is 30.7 Å². The smallest absolute Gasteiger partial charge is 0.379 e. The minimum Gasteiger partial charge on any atom is -0.379 e. The van der Waals surface area contributed by atoms with Gasteiger partial charge in [0, 0.05) is 13.0 Å². The Balaban J connectivity index is 0.00000225. The molecular formula is C8H14ClF3N2O2. The predicted molar refractivity (Wildman–Crippen MR) is 53.4 cm³/mol. The van der Waals surface area contributed by atoms with E-state index >= 15 is 0 Å². The third-order valence-electron chi connectivity index (χ3n) is 2.46. The first kappa shape index (κ1) is 15.5. The third-order valence-corrected chi connectivity index (χ3v) is 2.46. The van der Waals surface area contributed by atoms with E-state index in [2.05, 4.69) is 5.32 Å². The van der Waals surface area contributed by atoms with Crippen molar-refractivity contribution in [1.82, 2.24) is 10.2 Å². The normalized spacial score (nSPS) is 25.4. The van der Waals surface area contributed by atoms with Crippen molar-refractivity contribution >= 4 is 18.3 Å². The molecule has 1 amide bonds. The first-order valence-corrected chi connectivity index (χ1v) is 4.51. The number of likely N-dealkylation sites (tertiary alicyclic amines) is 1. The fraction of sp³-hybridized carbons (Fsp3) is 0.875. The molecule has 96 valence electrons. The maximum atomic E-state index is 12.4. The average Bonchev–Trinajstić information content (AvgIpc) is 2.48. The van der Waals surface area contributed by atoms with E-state index in [9.17, 15) is 23.1 Å². The zero-order valence-corrected chi connectivity index (χ0v) is 9.49. The highest BCUT2D eigenvalue weighted by atomic mass is 35.5. The molecule has 16 heavy (non-hydrogen) atoms. The maximum Gasteiger partial charge on any atom is 0.419 e. The van der Waals surface area contributed by atoms with E-state index in [4.69, 9.17) is 0 Å². The van der Waals surface area contributed by atoms with Crippen LogP contribution in [0.15, 0.2) is 0 Å². The molecule has 1 aliphatic rings. The van der Waals surface area contributed by atoms with Crippen LogP contribution in [0.4, 0.5) is 13.2 Å². The van der Waals surface area contributed by atoms with Gasteiger partial charge < -0.3 is 15.3 Å². The number of hydrogen-bond donors (Lipinski definition) is 2. The standard InChI is InChI=1S/C8H13F3N2O2.ClH/c1-12-4-6(14)13-3-2-7(15,5-13)8(9,10)11;/h12,15H,2-5H2,1H3;1H. The second-order valence-electron chi connectivity index (χ2n) is 3.62. The van der Waals surface area contributed by atoms with Crippen molar-refractivity contribution < 1.29 is 23.1 Å². The van der Waals surface area contributed by atoms with Gasteiger partial charge in [0.05, 0.1) is 13.1 Å². The van der Waals surface area contributed by atoms with Gasteiger partial charge >= 0.3 is 6.18 Å². The van der Waals surface area contributed by atoms with Gasteiger partial charge in [-0.05, 0) is 7.05 Å². The molecule has 0 saturated carbocycles. The van der Waals surface area contributed by atoms with E-state index in [0.29, 0.717) is 0 Å². The van der Waals surface area contributed by atoms with E-state index in [1.54, 1.807) is 0 Å². The number of nitrogens with zero attached hydrogens (tertiary/aromatic N) is 1. The predicted octanol–water partition coefficient (Wildman–Crippen LogP) is 0.153. The summed E-state index contributed by atoms with van der Waals surface area (Å²) in [5, 5.41) is 11.8. The SMILES string of the molecule is CNCC(=O)N1CCC(O)(C(F)(F)F)C1.Cl. The molecule has 0 aromatic heterocycles. The Bertz CT molecular complexity index is 262. The molecular weight excluding hydrogens is 249 g/mol. The Morgan fingerprint density at radius 1 is 1.56 bits per heavy atom. The van der Waals surface area contributed by atoms with Gasteiger partial charge in [-0.25, -0.2) is 0 Å². The van der Waals surface area contributed by atoms with Crippen molar-refractivity contribution in [3.8, 4) is 0 Å². The highest BCUT2D eigenvalue weighted by molar-refractivity contribution is 5.85. The molecule has 1 aliphatic heterocycles. The Morgan fingerprint density at radius 2 is 2.12 bits per heavy atom. The van der Waals surface area contributed by atoms with Crippen molar-refractivity contribution in [3.63, 3.8) is 0 Å². The zero-order chi connectivity index (χ0) is 11.7. The molecule has 0 aromatic carbocycles. The topological polar surface area (TPSA) is 52.6 Å². The van der Waals surface area contributed by atoms with Crippen LogP contribution in [0.2, 0.25) is 0 Å². The minimum absolute atomic E-state index is 0. The van der Waals surface area contributed by atoms with E-state index in [1.807, 2.05) is 0 Å². The lowest BCUT2D eigenvalue weighted by Gasteiger charge is -2.25. The summed E-state index contributed by atoms with van der Waals surface area (Å²) in [5.41, 5.74) is -2.74. The van der Waals surface area contributed by atoms with Crippen molar-refractivity contribution in [1.29, 1.82) is 0 Å². The zero-order valence-electron chi connectivity index (χ0n) is 8.67. The number of β-amino-alcohol motifs (C(OH)–C–C–N with tert-alkyl or cyclic N) is 1. The maximum absolute atomic E-state index is 12.4. The van der Waals surface area contributed by atoms with Gasteiger partial charge in [-0.3, -0.25) is 4.79 Å². The van der Waals surface area contributed by atoms with Crippen LogP contribution in [0.5, 0.6) is 0 Å². The molecule has 0 radical (unpaired) electrons. The Kier molecular flexibility index (Phi) is 5.03. The number of rotatable bonds is 2. The molecule has 8 heteroatoms. The first-order chi connectivity index (χ1) is 6.80. The number of carbonyl (C=O) groups excluding carboxylic acids is 1. The second kappa shape index (κ2) is 5.20. The van der Waals surface area contributed by atoms with Crippen LogP contribution in [0.3, 0.4) is 0 Å². The average molecular weight is 263 g/mol. The molecule has 4 nitrogen and oxygen atoms in total. The van der Waals surface area contributed by atoms with Gasteiger partial charge in [-0.1, -0.05) is 0 Å². The second-order valence-corrected chi connectivity index (χ2v) is 3.62.